The van der Waals surface area contributed by atoms with Crippen molar-refractivity contribution >= 4 is 0 Å². The first-order valence-corrected chi connectivity index (χ1v) is 3.89. The molecule has 0 aliphatic heterocycles. The van der Waals surface area contributed by atoms with Crippen LogP contribution in [0, 0.1) is 17.5 Å². The second-order valence-electron chi connectivity index (χ2n) is 3.05. The van der Waals surface area contributed by atoms with E-state index < -0.39 is 17.5 Å². The second kappa shape index (κ2) is 3.79. The van der Waals surface area contributed by atoms with Crippen LogP contribution >= 0.6 is 0 Å². The first-order valence-electron chi connectivity index (χ1n) is 3.89. The summed E-state index contributed by atoms with van der Waals surface area (Å²) in [5.74, 6) is -3.78. The van der Waals surface area contributed by atoms with Crippen LogP contribution in [0.5, 0.6) is 0 Å². The number of hydrogen-bond donors (Lipinski definition) is 1. The maximum absolute atomic E-state index is 12.6. The Kier molecular flexibility index (Phi) is 2.93. The summed E-state index contributed by atoms with van der Waals surface area (Å²) < 4.78 is 37.7. The lowest BCUT2D eigenvalue weighted by atomic mass is 10.1. The van der Waals surface area contributed by atoms with Crippen molar-refractivity contribution < 1.29 is 13.2 Å². The molecule has 1 aromatic carbocycles. The predicted octanol–water partition coefficient (Wildman–Crippen LogP) is 1.99. The molecular weight excluding hydrogens is 179 g/mol. The lowest BCUT2D eigenvalue weighted by Crippen LogP contribution is -2.18. The van der Waals surface area contributed by atoms with Crippen LogP contribution in [0.3, 0.4) is 0 Å². The monoisotopic (exact) mass is 189 g/mol. The van der Waals surface area contributed by atoms with Gasteiger partial charge in [-0.1, -0.05) is 0 Å². The summed E-state index contributed by atoms with van der Waals surface area (Å²) in [4.78, 5) is 0. The summed E-state index contributed by atoms with van der Waals surface area (Å²) in [5.41, 5.74) is 5.79. The standard InChI is InChI=1S/C9H10F3N/c1-5(13)2-6-3-7(10)9(12)8(11)4-6/h3-5H,2,13H2,1H3/t5-/m0/s1. The third kappa shape index (κ3) is 2.45. The van der Waals surface area contributed by atoms with Crippen molar-refractivity contribution in [3.8, 4) is 0 Å². The highest BCUT2D eigenvalue weighted by atomic mass is 19.2. The molecule has 13 heavy (non-hydrogen) atoms. The molecule has 0 aliphatic rings. The predicted molar refractivity (Wildman–Crippen MR) is 43.7 cm³/mol. The highest BCUT2D eigenvalue weighted by Gasteiger charge is 2.10. The molecule has 1 rings (SSSR count). The Morgan fingerprint density at radius 3 is 2.08 bits per heavy atom. The fourth-order valence-corrected chi connectivity index (χ4v) is 1.10. The highest BCUT2D eigenvalue weighted by Crippen LogP contribution is 2.14. The lowest BCUT2D eigenvalue weighted by molar-refractivity contribution is 0.444. The Balaban J connectivity index is 2.99. The molecule has 2 N–H and O–H groups in total. The van der Waals surface area contributed by atoms with Gasteiger partial charge >= 0.3 is 0 Å². The van der Waals surface area contributed by atoms with Gasteiger partial charge in [0, 0.05) is 6.04 Å². The van der Waals surface area contributed by atoms with Gasteiger partial charge in [0.15, 0.2) is 17.5 Å². The van der Waals surface area contributed by atoms with Crippen molar-refractivity contribution in [1.82, 2.24) is 0 Å². The molecule has 1 nitrogen and oxygen atoms in total. The van der Waals surface area contributed by atoms with Crippen LogP contribution in [-0.4, -0.2) is 6.04 Å². The minimum atomic E-state index is -1.44. The number of rotatable bonds is 2. The van der Waals surface area contributed by atoms with E-state index in [0.29, 0.717) is 12.0 Å². The number of nitrogens with two attached hydrogens (primary N) is 1. The van der Waals surface area contributed by atoms with Gasteiger partial charge in [0.25, 0.3) is 0 Å². The van der Waals surface area contributed by atoms with Gasteiger partial charge in [-0.25, -0.2) is 13.2 Å². The van der Waals surface area contributed by atoms with Gasteiger partial charge < -0.3 is 5.73 Å². The van der Waals surface area contributed by atoms with Crippen molar-refractivity contribution in [2.45, 2.75) is 19.4 Å². The minimum absolute atomic E-state index is 0.204. The first kappa shape index (κ1) is 10.1. The SMILES string of the molecule is C[C@H](N)Cc1cc(F)c(F)c(F)c1. The van der Waals surface area contributed by atoms with Crippen LogP contribution in [0.1, 0.15) is 12.5 Å². The molecule has 0 aromatic heterocycles. The highest BCUT2D eigenvalue weighted by molar-refractivity contribution is 5.20. The molecule has 0 heterocycles. The quantitative estimate of drug-likeness (QED) is 0.707. The fraction of sp³-hybridized carbons (Fsp3) is 0.333. The first-order chi connectivity index (χ1) is 6.00. The molecule has 0 spiro atoms. The van der Waals surface area contributed by atoms with Crippen molar-refractivity contribution in [3.63, 3.8) is 0 Å². The van der Waals surface area contributed by atoms with Gasteiger partial charge in [0.05, 0.1) is 0 Å². The van der Waals surface area contributed by atoms with Crippen molar-refractivity contribution in [2.24, 2.45) is 5.73 Å². The maximum atomic E-state index is 12.6. The lowest BCUT2D eigenvalue weighted by Gasteiger charge is -2.05. The Hall–Kier alpha value is -1.03. The molecule has 0 unspecified atom stereocenters. The molecule has 0 amide bonds. The van der Waals surface area contributed by atoms with Gasteiger partial charge in [0.1, 0.15) is 0 Å². The molecule has 0 radical (unpaired) electrons. The van der Waals surface area contributed by atoms with E-state index in [1.54, 1.807) is 6.92 Å². The van der Waals surface area contributed by atoms with Crippen LogP contribution in [0.25, 0.3) is 0 Å². The van der Waals surface area contributed by atoms with E-state index >= 15 is 0 Å². The van der Waals surface area contributed by atoms with Crippen LogP contribution in [0.15, 0.2) is 12.1 Å². The Labute approximate surface area is 74.4 Å². The molecule has 1 aromatic rings. The van der Waals surface area contributed by atoms with Crippen molar-refractivity contribution in [3.05, 3.63) is 35.1 Å². The van der Waals surface area contributed by atoms with E-state index in [4.69, 9.17) is 5.73 Å². The Bertz CT molecular complexity index is 287. The van der Waals surface area contributed by atoms with Gasteiger partial charge in [-0.05, 0) is 31.0 Å². The van der Waals surface area contributed by atoms with E-state index in [2.05, 4.69) is 0 Å². The van der Waals surface area contributed by atoms with Crippen LogP contribution in [-0.2, 0) is 6.42 Å². The van der Waals surface area contributed by atoms with E-state index in [0.717, 1.165) is 12.1 Å². The maximum Gasteiger partial charge on any atom is 0.194 e. The van der Waals surface area contributed by atoms with Gasteiger partial charge in [-0.3, -0.25) is 0 Å². The summed E-state index contributed by atoms with van der Waals surface area (Å²) >= 11 is 0. The van der Waals surface area contributed by atoms with E-state index in [1.807, 2.05) is 0 Å². The Morgan fingerprint density at radius 2 is 1.69 bits per heavy atom. The van der Waals surface area contributed by atoms with Crippen LogP contribution in [0.2, 0.25) is 0 Å². The summed E-state index contributed by atoms with van der Waals surface area (Å²) in [5, 5.41) is 0. The summed E-state index contributed by atoms with van der Waals surface area (Å²) in [7, 11) is 0. The second-order valence-corrected chi connectivity index (χ2v) is 3.05. The number of halogens is 3. The van der Waals surface area contributed by atoms with Crippen molar-refractivity contribution in [2.75, 3.05) is 0 Å². The van der Waals surface area contributed by atoms with E-state index in [9.17, 15) is 13.2 Å². The molecule has 72 valence electrons. The minimum Gasteiger partial charge on any atom is -0.328 e. The molecule has 0 fully saturated rings. The van der Waals surface area contributed by atoms with Gasteiger partial charge in [-0.15, -0.1) is 0 Å². The number of benzene rings is 1. The number of hydrogen-bond acceptors (Lipinski definition) is 1. The molecule has 0 aliphatic carbocycles. The van der Waals surface area contributed by atoms with Gasteiger partial charge in [-0.2, -0.15) is 0 Å². The molecule has 0 saturated heterocycles. The molecular formula is C9H10F3N. The topological polar surface area (TPSA) is 26.0 Å². The molecule has 4 heteroatoms. The fourth-order valence-electron chi connectivity index (χ4n) is 1.10. The molecule has 1 atom stereocenters. The summed E-state index contributed by atoms with van der Waals surface area (Å²) in [6.45, 7) is 1.71. The average Bonchev–Trinajstić information content (AvgIpc) is 1.98. The third-order valence-corrected chi connectivity index (χ3v) is 1.60. The summed E-state index contributed by atoms with van der Waals surface area (Å²) in [6.07, 6.45) is 0.327. The van der Waals surface area contributed by atoms with Crippen LogP contribution < -0.4 is 5.73 Å². The normalized spacial score (nSPS) is 13.0. The van der Waals surface area contributed by atoms with E-state index in [1.165, 1.54) is 0 Å². The smallest absolute Gasteiger partial charge is 0.194 e. The van der Waals surface area contributed by atoms with E-state index in [-0.39, 0.29) is 6.04 Å². The Morgan fingerprint density at radius 1 is 1.23 bits per heavy atom. The summed E-state index contributed by atoms with van der Waals surface area (Å²) in [6, 6.07) is 1.72. The largest absolute Gasteiger partial charge is 0.328 e. The zero-order valence-corrected chi connectivity index (χ0v) is 7.15. The zero-order valence-electron chi connectivity index (χ0n) is 7.15. The third-order valence-electron chi connectivity index (χ3n) is 1.60. The van der Waals surface area contributed by atoms with Crippen LogP contribution in [0.4, 0.5) is 13.2 Å². The molecule has 0 saturated carbocycles. The molecule has 0 bridgehead atoms. The zero-order chi connectivity index (χ0) is 10.0. The van der Waals surface area contributed by atoms with Gasteiger partial charge in [0.2, 0.25) is 0 Å². The average molecular weight is 189 g/mol. The van der Waals surface area contributed by atoms with Crippen molar-refractivity contribution in [1.29, 1.82) is 0 Å².